The Morgan fingerprint density at radius 2 is 2.21 bits per heavy atom. The molecule has 0 bridgehead atoms. The van der Waals surface area contributed by atoms with E-state index in [4.69, 9.17) is 9.15 Å². The summed E-state index contributed by atoms with van der Waals surface area (Å²) in [6.45, 7) is 5.45. The van der Waals surface area contributed by atoms with Gasteiger partial charge in [0.05, 0.1) is 11.9 Å². The number of pyridine rings is 1. The maximum Gasteiger partial charge on any atom is 0.408 e. The van der Waals surface area contributed by atoms with Gasteiger partial charge in [-0.05, 0) is 32.9 Å². The van der Waals surface area contributed by atoms with Crippen LogP contribution in [0.1, 0.15) is 26.7 Å². The molecule has 0 aliphatic heterocycles. The summed E-state index contributed by atoms with van der Waals surface area (Å²) in [4.78, 5) is 16.0. The highest BCUT2D eigenvalue weighted by atomic mass is 79.9. The van der Waals surface area contributed by atoms with Crippen molar-refractivity contribution in [3.63, 3.8) is 0 Å². The molecule has 3 aromatic rings. The van der Waals surface area contributed by atoms with E-state index in [1.807, 2.05) is 12.1 Å². The Morgan fingerprint density at radius 3 is 2.92 bits per heavy atom. The molecule has 24 heavy (non-hydrogen) atoms. The number of oxazole rings is 1. The Balaban J connectivity index is 1.89. The number of nitrogens with one attached hydrogen (secondary N) is 1. The molecule has 1 amide bonds. The number of ether oxygens (including phenoxy) is 1. The van der Waals surface area contributed by atoms with Crippen LogP contribution < -0.4 is 10.0 Å². The Morgan fingerprint density at radius 1 is 1.46 bits per heavy atom. The van der Waals surface area contributed by atoms with Gasteiger partial charge in [-0.25, -0.2) is 9.78 Å². The van der Waals surface area contributed by atoms with Crippen molar-refractivity contribution in [2.45, 2.75) is 32.9 Å². The Kier molecular flexibility index (Phi) is 4.08. The molecule has 0 saturated carbocycles. The fourth-order valence-electron chi connectivity index (χ4n) is 2.27. The van der Waals surface area contributed by atoms with Gasteiger partial charge < -0.3 is 14.5 Å². The van der Waals surface area contributed by atoms with Crippen LogP contribution in [0, 0.1) is 0 Å². The van der Waals surface area contributed by atoms with Crippen LogP contribution in [0.3, 0.4) is 0 Å². The predicted molar refractivity (Wildman–Crippen MR) is 89.7 cm³/mol. The van der Waals surface area contributed by atoms with Gasteiger partial charge in [0, 0.05) is 15.3 Å². The van der Waals surface area contributed by atoms with E-state index < -0.39 is 11.7 Å². The molecule has 126 valence electrons. The van der Waals surface area contributed by atoms with Crippen LogP contribution in [-0.4, -0.2) is 21.9 Å². The lowest BCUT2D eigenvalue weighted by Gasteiger charge is -2.19. The van der Waals surface area contributed by atoms with Gasteiger partial charge in [0.15, 0.2) is 11.1 Å². The Labute approximate surface area is 146 Å². The molecule has 0 aliphatic carbocycles. The molecule has 1 aromatic carbocycles. The molecule has 2 aromatic heterocycles. The molecule has 7 nitrogen and oxygen atoms in total. The summed E-state index contributed by atoms with van der Waals surface area (Å²) in [5.74, 6) is 0.325. The van der Waals surface area contributed by atoms with Crippen LogP contribution in [0.4, 0.5) is 4.79 Å². The quantitative estimate of drug-likeness (QED) is 0.514. The minimum absolute atomic E-state index is 0.0903. The zero-order valence-corrected chi connectivity index (χ0v) is 15.0. The van der Waals surface area contributed by atoms with Gasteiger partial charge in [0.2, 0.25) is 5.89 Å². The minimum Gasteiger partial charge on any atom is -0.444 e. The zero-order chi connectivity index (χ0) is 17.5. The van der Waals surface area contributed by atoms with Crippen molar-refractivity contribution in [2.24, 2.45) is 0 Å². The van der Waals surface area contributed by atoms with E-state index in [-0.39, 0.29) is 6.54 Å². The van der Waals surface area contributed by atoms with Gasteiger partial charge in [0.25, 0.3) is 11.7 Å². The van der Waals surface area contributed by atoms with E-state index in [0.717, 1.165) is 9.20 Å². The lowest BCUT2D eigenvalue weighted by Crippen LogP contribution is -2.32. The normalized spacial score (nSPS) is 11.8. The number of nitrogens with zero attached hydrogens (tertiary/aromatic N) is 2. The molecule has 2 N–H and O–H groups in total. The number of carbonyl (C=O) groups excluding carboxylic acids is 1. The van der Waals surface area contributed by atoms with Crippen molar-refractivity contribution in [3.05, 3.63) is 34.8 Å². The fourth-order valence-corrected chi connectivity index (χ4v) is 2.62. The molecule has 0 spiro atoms. The van der Waals surface area contributed by atoms with Crippen molar-refractivity contribution in [3.8, 4) is 0 Å². The van der Waals surface area contributed by atoms with E-state index in [1.165, 1.54) is 6.20 Å². The topological polar surface area (TPSA) is 88.5 Å². The molecular formula is C16H17BrN3O4+. The summed E-state index contributed by atoms with van der Waals surface area (Å²) in [6, 6.07) is 5.45. The molecule has 3 rings (SSSR count). The number of benzene rings is 1. The molecular weight excluding hydrogens is 378 g/mol. The van der Waals surface area contributed by atoms with Crippen LogP contribution >= 0.6 is 15.9 Å². The molecule has 0 aliphatic rings. The second-order valence-corrected chi connectivity index (χ2v) is 7.23. The second kappa shape index (κ2) is 5.94. The van der Waals surface area contributed by atoms with Crippen LogP contribution in [-0.2, 0) is 11.3 Å². The Bertz CT molecular complexity index is 930. The summed E-state index contributed by atoms with van der Waals surface area (Å²) >= 11 is 3.37. The highest BCUT2D eigenvalue weighted by Gasteiger charge is 2.20. The molecule has 0 atom stereocenters. The summed E-state index contributed by atoms with van der Waals surface area (Å²) in [7, 11) is 0. The van der Waals surface area contributed by atoms with Gasteiger partial charge in [0.1, 0.15) is 5.60 Å². The lowest BCUT2D eigenvalue weighted by atomic mass is 10.2. The van der Waals surface area contributed by atoms with Crippen LogP contribution in [0.25, 0.3) is 22.0 Å². The number of alkyl carbamates (subject to hydrolysis) is 1. The number of rotatable bonds is 2. The zero-order valence-electron chi connectivity index (χ0n) is 13.5. The van der Waals surface area contributed by atoms with Gasteiger partial charge in [-0.3, -0.25) is 5.21 Å². The van der Waals surface area contributed by atoms with Gasteiger partial charge in [-0.1, -0.05) is 15.9 Å². The second-order valence-electron chi connectivity index (χ2n) is 6.31. The summed E-state index contributed by atoms with van der Waals surface area (Å²) in [5, 5.41) is 13.4. The number of amides is 1. The van der Waals surface area contributed by atoms with Crippen molar-refractivity contribution < 1.29 is 23.9 Å². The molecule has 0 saturated heterocycles. The molecule has 0 fully saturated rings. The largest absolute Gasteiger partial charge is 0.444 e. The number of hydrogen-bond acceptors (Lipinski definition) is 5. The smallest absolute Gasteiger partial charge is 0.408 e. The van der Waals surface area contributed by atoms with E-state index in [2.05, 4.69) is 26.2 Å². The van der Waals surface area contributed by atoms with E-state index in [1.54, 1.807) is 26.8 Å². The average molecular weight is 395 g/mol. The van der Waals surface area contributed by atoms with Crippen molar-refractivity contribution in [2.75, 3.05) is 0 Å². The predicted octanol–water partition coefficient (Wildman–Crippen LogP) is 3.29. The first-order valence-electron chi connectivity index (χ1n) is 7.32. The van der Waals surface area contributed by atoms with Crippen LogP contribution in [0.15, 0.2) is 33.3 Å². The molecule has 8 heteroatoms. The highest BCUT2D eigenvalue weighted by molar-refractivity contribution is 9.10. The molecule has 0 unspecified atom stereocenters. The third kappa shape index (κ3) is 3.43. The number of aromatic nitrogens is 2. The minimum atomic E-state index is -0.572. The van der Waals surface area contributed by atoms with Crippen molar-refractivity contribution in [1.82, 2.24) is 10.3 Å². The summed E-state index contributed by atoms with van der Waals surface area (Å²) in [5.41, 5.74) is 1.05. The van der Waals surface area contributed by atoms with Gasteiger partial charge in [-0.2, -0.15) is 0 Å². The monoisotopic (exact) mass is 394 g/mol. The first kappa shape index (κ1) is 16.5. The average Bonchev–Trinajstić information content (AvgIpc) is 2.86. The van der Waals surface area contributed by atoms with Crippen LogP contribution in [0.5, 0.6) is 0 Å². The fraction of sp³-hybridized carbons (Fsp3) is 0.312. The van der Waals surface area contributed by atoms with Crippen molar-refractivity contribution >= 4 is 44.0 Å². The number of carbonyl (C=O) groups is 1. The van der Waals surface area contributed by atoms with E-state index in [0.29, 0.717) is 27.9 Å². The molecule has 2 heterocycles. The summed E-state index contributed by atoms with van der Waals surface area (Å²) in [6.07, 6.45) is 0.917. The molecule has 0 radical (unpaired) electrons. The number of hydrogen-bond donors (Lipinski definition) is 2. The maximum atomic E-state index is 11.7. The van der Waals surface area contributed by atoms with Crippen molar-refractivity contribution in [1.29, 1.82) is 0 Å². The number of halogens is 1. The standard InChI is InChI=1S/C16H16BrN3O4/c1-16(2,3)24-15(21)18-7-13-19-11-8-20(22)12-6-9(17)4-5-10(12)14(11)23-13/h4-6,8H,7H2,1-3H3,(H-,18,21,22)/p+1. The number of fused-ring (bicyclic) bond motifs is 3. The first-order valence-corrected chi connectivity index (χ1v) is 8.12. The third-order valence-corrected chi connectivity index (χ3v) is 3.67. The lowest BCUT2D eigenvalue weighted by molar-refractivity contribution is -0.883. The van der Waals surface area contributed by atoms with Gasteiger partial charge in [-0.15, -0.1) is 0 Å². The maximum absolute atomic E-state index is 11.7. The first-order chi connectivity index (χ1) is 11.2. The third-order valence-electron chi connectivity index (χ3n) is 3.18. The van der Waals surface area contributed by atoms with E-state index >= 15 is 0 Å². The Hall–Kier alpha value is -2.35. The van der Waals surface area contributed by atoms with Crippen LogP contribution in [0.2, 0.25) is 0 Å². The van der Waals surface area contributed by atoms with E-state index in [9.17, 15) is 10.0 Å². The van der Waals surface area contributed by atoms with Gasteiger partial charge >= 0.3 is 6.09 Å². The SMILES string of the molecule is CC(C)(C)OC(=O)NCc1nc2c[n+](O)c3cc(Br)ccc3c2o1. The highest BCUT2D eigenvalue weighted by Crippen LogP contribution is 2.25. The summed E-state index contributed by atoms with van der Waals surface area (Å²) < 4.78 is 12.7.